The number of hydrogen-bond acceptors (Lipinski definition) is 5. The van der Waals surface area contributed by atoms with E-state index in [1.807, 2.05) is 29.0 Å². The molecular formula is C18H19ClN4O2. The maximum absolute atomic E-state index is 9.56. The number of nitrogen functional groups attached to an aromatic ring is 1. The number of nitrogens with two attached hydrogens (primary N) is 1. The number of ether oxygens (including phenoxy) is 1. The first-order valence-corrected chi connectivity index (χ1v) is 8.64. The summed E-state index contributed by atoms with van der Waals surface area (Å²) in [5, 5.41) is 11.0. The van der Waals surface area contributed by atoms with Gasteiger partial charge in [0.05, 0.1) is 18.1 Å². The summed E-state index contributed by atoms with van der Waals surface area (Å²) in [6.45, 7) is -0.0659. The molecule has 1 aromatic carbocycles. The van der Waals surface area contributed by atoms with Crippen molar-refractivity contribution in [2.24, 2.45) is 0 Å². The summed E-state index contributed by atoms with van der Waals surface area (Å²) in [5.74, 6) is 0.477. The Balaban J connectivity index is 1.54. The minimum absolute atomic E-state index is 0.0659. The van der Waals surface area contributed by atoms with Gasteiger partial charge in [-0.2, -0.15) is 0 Å². The lowest BCUT2D eigenvalue weighted by atomic mass is 10.0. The lowest BCUT2D eigenvalue weighted by Gasteiger charge is -2.17. The third-order valence-electron chi connectivity index (χ3n) is 4.76. The number of aliphatic hydroxyl groups is 1. The van der Waals surface area contributed by atoms with Gasteiger partial charge < -0.3 is 20.1 Å². The number of fused-ring (bicyclic) bond motifs is 1. The molecule has 2 unspecified atom stereocenters. The van der Waals surface area contributed by atoms with Crippen LogP contribution in [-0.2, 0) is 17.8 Å². The molecule has 6 nitrogen and oxygen atoms in total. The van der Waals surface area contributed by atoms with Crippen LogP contribution in [-0.4, -0.2) is 25.7 Å². The van der Waals surface area contributed by atoms with Crippen LogP contribution in [0.4, 0.5) is 5.82 Å². The molecule has 1 saturated heterocycles. The van der Waals surface area contributed by atoms with Gasteiger partial charge in [-0.15, -0.1) is 0 Å². The summed E-state index contributed by atoms with van der Waals surface area (Å²) in [6, 6.07) is 7.61. The van der Waals surface area contributed by atoms with Crippen LogP contribution in [0, 0.1) is 0 Å². The van der Waals surface area contributed by atoms with E-state index in [0.717, 1.165) is 41.4 Å². The Bertz CT molecular complexity index is 911. The van der Waals surface area contributed by atoms with E-state index in [2.05, 4.69) is 9.97 Å². The predicted molar refractivity (Wildman–Crippen MR) is 96.2 cm³/mol. The normalized spacial score (nSPS) is 20.4. The van der Waals surface area contributed by atoms with Crippen LogP contribution in [0.5, 0.6) is 0 Å². The Kier molecular flexibility index (Phi) is 4.33. The van der Waals surface area contributed by atoms with Gasteiger partial charge in [-0.1, -0.05) is 23.7 Å². The van der Waals surface area contributed by atoms with Crippen molar-refractivity contribution < 1.29 is 9.84 Å². The summed E-state index contributed by atoms with van der Waals surface area (Å²) in [6.07, 6.45) is 5.97. The standard InChI is InChI=1S/C18H19ClN4O2/c19-15-3-1-2-11(14(15)9-24)8-12-4-5-16(25-12)23-7-6-13-17(20)21-10-22-18(13)23/h1-3,6-7,10,12,16,24H,4-5,8-9H2,(H2,20,21,22). The summed E-state index contributed by atoms with van der Waals surface area (Å²) in [5.41, 5.74) is 8.50. The zero-order valence-electron chi connectivity index (χ0n) is 13.6. The molecule has 0 amide bonds. The summed E-state index contributed by atoms with van der Waals surface area (Å²) in [4.78, 5) is 8.36. The highest BCUT2D eigenvalue weighted by molar-refractivity contribution is 6.31. The van der Waals surface area contributed by atoms with E-state index >= 15 is 0 Å². The second kappa shape index (κ2) is 6.63. The second-order valence-electron chi connectivity index (χ2n) is 6.25. The van der Waals surface area contributed by atoms with Crippen LogP contribution in [0.15, 0.2) is 36.8 Å². The molecule has 0 saturated carbocycles. The predicted octanol–water partition coefficient (Wildman–Crippen LogP) is 3.08. The molecule has 3 aromatic rings. The fourth-order valence-electron chi connectivity index (χ4n) is 3.48. The first-order valence-electron chi connectivity index (χ1n) is 8.27. The Morgan fingerprint density at radius 1 is 1.28 bits per heavy atom. The Labute approximate surface area is 150 Å². The molecule has 130 valence electrons. The van der Waals surface area contributed by atoms with Crippen molar-refractivity contribution in [1.82, 2.24) is 14.5 Å². The third-order valence-corrected chi connectivity index (χ3v) is 5.11. The molecule has 0 radical (unpaired) electrons. The van der Waals surface area contributed by atoms with Gasteiger partial charge in [0.15, 0.2) is 0 Å². The molecule has 3 heterocycles. The van der Waals surface area contributed by atoms with Crippen molar-refractivity contribution in [3.8, 4) is 0 Å². The van der Waals surface area contributed by atoms with E-state index in [9.17, 15) is 5.11 Å². The van der Waals surface area contributed by atoms with Gasteiger partial charge >= 0.3 is 0 Å². The maximum atomic E-state index is 9.56. The van der Waals surface area contributed by atoms with Gasteiger partial charge in [0.1, 0.15) is 24.0 Å². The highest BCUT2D eigenvalue weighted by Crippen LogP contribution is 2.34. The van der Waals surface area contributed by atoms with Crippen molar-refractivity contribution in [2.75, 3.05) is 5.73 Å². The third kappa shape index (κ3) is 2.97. The smallest absolute Gasteiger partial charge is 0.147 e. The van der Waals surface area contributed by atoms with Crippen LogP contribution in [0.2, 0.25) is 5.02 Å². The molecule has 0 aliphatic carbocycles. The molecule has 1 fully saturated rings. The van der Waals surface area contributed by atoms with Crippen molar-refractivity contribution in [3.63, 3.8) is 0 Å². The molecule has 0 bridgehead atoms. The zero-order chi connectivity index (χ0) is 17.4. The van der Waals surface area contributed by atoms with E-state index < -0.39 is 0 Å². The summed E-state index contributed by atoms with van der Waals surface area (Å²) >= 11 is 6.17. The van der Waals surface area contributed by atoms with Crippen molar-refractivity contribution in [1.29, 1.82) is 0 Å². The second-order valence-corrected chi connectivity index (χ2v) is 6.66. The quantitative estimate of drug-likeness (QED) is 0.748. The highest BCUT2D eigenvalue weighted by Gasteiger charge is 2.28. The average Bonchev–Trinajstić information content (AvgIpc) is 3.22. The molecule has 0 spiro atoms. The van der Waals surface area contributed by atoms with E-state index in [4.69, 9.17) is 22.1 Å². The number of rotatable bonds is 4. The SMILES string of the molecule is Nc1ncnc2c1ccn2C1CCC(Cc2cccc(Cl)c2CO)O1. The maximum Gasteiger partial charge on any atom is 0.147 e. The lowest BCUT2D eigenvalue weighted by Crippen LogP contribution is -2.14. The van der Waals surface area contributed by atoms with Crippen LogP contribution in [0.1, 0.15) is 30.2 Å². The number of benzene rings is 1. The fraction of sp³-hybridized carbons (Fsp3) is 0.333. The summed E-state index contributed by atoms with van der Waals surface area (Å²) in [7, 11) is 0. The highest BCUT2D eigenvalue weighted by atomic mass is 35.5. The number of halogens is 1. The van der Waals surface area contributed by atoms with E-state index in [1.54, 1.807) is 6.07 Å². The van der Waals surface area contributed by atoms with Gasteiger partial charge in [0, 0.05) is 11.2 Å². The Hall–Kier alpha value is -2.15. The average molecular weight is 359 g/mol. The van der Waals surface area contributed by atoms with Crippen LogP contribution < -0.4 is 5.73 Å². The van der Waals surface area contributed by atoms with Gasteiger partial charge in [0.2, 0.25) is 0 Å². The number of hydrogen-bond donors (Lipinski definition) is 2. The molecule has 2 atom stereocenters. The fourth-order valence-corrected chi connectivity index (χ4v) is 3.74. The molecule has 4 rings (SSSR count). The first kappa shape index (κ1) is 16.3. The van der Waals surface area contributed by atoms with Crippen molar-refractivity contribution in [3.05, 3.63) is 52.9 Å². The van der Waals surface area contributed by atoms with E-state index in [1.165, 1.54) is 6.33 Å². The molecule has 3 N–H and O–H groups in total. The van der Waals surface area contributed by atoms with E-state index in [-0.39, 0.29) is 18.9 Å². The van der Waals surface area contributed by atoms with Gasteiger partial charge in [-0.05, 0) is 42.5 Å². The summed E-state index contributed by atoms with van der Waals surface area (Å²) < 4.78 is 8.25. The van der Waals surface area contributed by atoms with Crippen molar-refractivity contribution >= 4 is 28.5 Å². The zero-order valence-corrected chi connectivity index (χ0v) is 14.4. The number of aliphatic hydroxyl groups excluding tert-OH is 1. The number of aromatic nitrogens is 3. The molecule has 25 heavy (non-hydrogen) atoms. The molecular weight excluding hydrogens is 340 g/mol. The van der Waals surface area contributed by atoms with Crippen molar-refractivity contribution in [2.45, 2.75) is 38.2 Å². The lowest BCUT2D eigenvalue weighted by molar-refractivity contribution is 0.00489. The minimum atomic E-state index is -0.0754. The molecule has 7 heteroatoms. The van der Waals surface area contributed by atoms with E-state index in [0.29, 0.717) is 10.8 Å². The van der Waals surface area contributed by atoms with Gasteiger partial charge in [-0.3, -0.25) is 0 Å². The Morgan fingerprint density at radius 2 is 2.16 bits per heavy atom. The molecule has 1 aliphatic heterocycles. The topological polar surface area (TPSA) is 86.2 Å². The van der Waals surface area contributed by atoms with Crippen LogP contribution in [0.3, 0.4) is 0 Å². The molecule has 2 aromatic heterocycles. The molecule has 1 aliphatic rings. The van der Waals surface area contributed by atoms with Crippen LogP contribution in [0.25, 0.3) is 11.0 Å². The van der Waals surface area contributed by atoms with Gasteiger partial charge in [-0.25, -0.2) is 9.97 Å². The number of nitrogens with zero attached hydrogens (tertiary/aromatic N) is 3. The van der Waals surface area contributed by atoms with Gasteiger partial charge in [0.25, 0.3) is 0 Å². The monoisotopic (exact) mass is 358 g/mol. The largest absolute Gasteiger partial charge is 0.392 e. The minimum Gasteiger partial charge on any atom is -0.392 e. The van der Waals surface area contributed by atoms with Crippen LogP contribution >= 0.6 is 11.6 Å². The Morgan fingerprint density at radius 3 is 3.00 bits per heavy atom. The first-order chi connectivity index (χ1) is 12.2. The number of anilines is 1.